The Bertz CT molecular complexity index is 1200. The van der Waals surface area contributed by atoms with Gasteiger partial charge in [-0.15, -0.1) is 0 Å². The smallest absolute Gasteiger partial charge is 0.309 e. The Morgan fingerprint density at radius 2 is 1.54 bits per heavy atom. The molecule has 228 valence electrons. The van der Waals surface area contributed by atoms with Crippen LogP contribution in [0.1, 0.15) is 119 Å². The van der Waals surface area contributed by atoms with Gasteiger partial charge in [-0.2, -0.15) is 0 Å². The number of aliphatic carboxylic acids is 2. The van der Waals surface area contributed by atoms with Crippen molar-refractivity contribution in [2.24, 2.45) is 50.2 Å². The quantitative estimate of drug-likeness (QED) is 0.348. The Kier molecular flexibility index (Phi) is 6.95. The van der Waals surface area contributed by atoms with Crippen molar-refractivity contribution in [1.82, 2.24) is 0 Å². The van der Waals surface area contributed by atoms with Crippen LogP contribution in [0.3, 0.4) is 0 Å². The molecule has 7 heteroatoms. The lowest BCUT2D eigenvalue weighted by Crippen LogP contribution is -2.66. The van der Waals surface area contributed by atoms with Crippen molar-refractivity contribution < 1.29 is 34.1 Å². The number of allylic oxidation sites excluding steroid dienone is 2. The molecule has 0 bridgehead atoms. The van der Waals surface area contributed by atoms with Crippen molar-refractivity contribution >= 4 is 23.7 Å². The Morgan fingerprint density at radius 1 is 0.878 bits per heavy atom. The third-order valence-corrected chi connectivity index (χ3v) is 13.8. The second-order valence-corrected chi connectivity index (χ2v) is 16.3. The van der Waals surface area contributed by atoms with Gasteiger partial charge in [0.2, 0.25) is 0 Å². The number of rotatable bonds is 5. The fourth-order valence-corrected chi connectivity index (χ4v) is 11.0. The monoisotopic (exact) mass is 570 g/mol. The summed E-state index contributed by atoms with van der Waals surface area (Å²) in [6.07, 6.45) is 8.80. The number of carbonyl (C=O) groups is 4. The number of hydrogen-bond donors (Lipinski definition) is 2. The Hall–Kier alpha value is -2.18. The molecule has 5 rings (SSSR count). The van der Waals surface area contributed by atoms with E-state index in [4.69, 9.17) is 9.84 Å². The zero-order valence-electron chi connectivity index (χ0n) is 26.1. The topological polar surface area (TPSA) is 118 Å². The molecule has 0 radical (unpaired) electrons. The molecule has 4 fully saturated rings. The Labute approximate surface area is 244 Å². The minimum atomic E-state index is -1.01. The first-order valence-electron chi connectivity index (χ1n) is 15.7. The molecule has 0 saturated heterocycles. The predicted molar refractivity (Wildman–Crippen MR) is 154 cm³/mol. The summed E-state index contributed by atoms with van der Waals surface area (Å²) in [6, 6.07) is 0. The summed E-state index contributed by atoms with van der Waals surface area (Å²) in [5, 5.41) is 19.1. The Morgan fingerprint density at radius 3 is 2.17 bits per heavy atom. The number of esters is 1. The molecule has 0 aromatic heterocycles. The van der Waals surface area contributed by atoms with E-state index in [0.717, 1.165) is 38.5 Å². The number of carboxylic acid groups (broad SMARTS) is 2. The number of carbonyl (C=O) groups excluding carboxylic acids is 2. The van der Waals surface area contributed by atoms with Crippen molar-refractivity contribution in [1.29, 1.82) is 0 Å². The van der Waals surface area contributed by atoms with Gasteiger partial charge in [0.25, 0.3) is 0 Å². The summed E-state index contributed by atoms with van der Waals surface area (Å²) in [5.74, 6) is -1.87. The third-order valence-electron chi connectivity index (χ3n) is 13.8. The molecule has 2 N–H and O–H groups in total. The highest BCUT2D eigenvalue weighted by Gasteiger charge is 2.70. The van der Waals surface area contributed by atoms with Crippen LogP contribution in [0, 0.1) is 50.2 Å². The van der Waals surface area contributed by atoms with Gasteiger partial charge in [-0.3, -0.25) is 19.2 Å². The average molecular weight is 571 g/mol. The first-order valence-corrected chi connectivity index (χ1v) is 15.7. The molecule has 5 aliphatic rings. The summed E-state index contributed by atoms with van der Waals surface area (Å²) in [5.41, 5.74) is -0.553. The Balaban J connectivity index is 1.49. The normalized spacial score (nSPS) is 46.6. The number of fused-ring (bicyclic) bond motifs is 7. The molecule has 5 aliphatic carbocycles. The lowest BCUT2D eigenvalue weighted by Gasteiger charge is -2.70. The van der Waals surface area contributed by atoms with E-state index in [1.54, 1.807) is 0 Å². The van der Waals surface area contributed by atoms with Crippen LogP contribution in [-0.2, 0) is 23.9 Å². The fraction of sp³-hybridized carbons (Fsp3) is 0.824. The van der Waals surface area contributed by atoms with Crippen LogP contribution in [0.4, 0.5) is 0 Å². The van der Waals surface area contributed by atoms with Gasteiger partial charge in [0.05, 0.1) is 18.3 Å². The van der Waals surface area contributed by atoms with Gasteiger partial charge in [-0.1, -0.05) is 47.1 Å². The molecule has 0 aromatic rings. The fourth-order valence-electron chi connectivity index (χ4n) is 11.0. The lowest BCUT2D eigenvalue weighted by molar-refractivity contribution is -0.211. The summed E-state index contributed by atoms with van der Waals surface area (Å²) >= 11 is 0. The number of ether oxygens (including phenoxy) is 1. The van der Waals surface area contributed by atoms with Gasteiger partial charge in [0.15, 0.2) is 5.78 Å². The van der Waals surface area contributed by atoms with Gasteiger partial charge < -0.3 is 14.9 Å². The first kappa shape index (κ1) is 30.3. The third kappa shape index (κ3) is 4.25. The molecule has 0 amide bonds. The molecule has 7 nitrogen and oxygen atoms in total. The number of carboxylic acids is 2. The summed E-state index contributed by atoms with van der Waals surface area (Å²) < 4.78 is 5.91. The highest BCUT2D eigenvalue weighted by molar-refractivity contribution is 5.95. The van der Waals surface area contributed by atoms with Gasteiger partial charge in [0.1, 0.15) is 6.10 Å². The van der Waals surface area contributed by atoms with E-state index in [1.807, 2.05) is 13.0 Å². The standard InChI is InChI=1S/C34H50O7/c1-29(2)23-10-13-34(7)27(32(23,5)12-11-24(29)41-26(38)9-8-25(36)37)22(35)18-20-21-19-31(4,28(39)40)15-14-30(21,3)16-17-33(20,34)6/h18,21,23-24,27H,8-17,19H2,1-7H3,(H,36,37)(H,39,40)/t21-,23-,24-,27-,30+,31-,32-,33+,34+/m0/s1. The van der Waals surface area contributed by atoms with Crippen LogP contribution < -0.4 is 0 Å². The maximum absolute atomic E-state index is 14.5. The molecular weight excluding hydrogens is 520 g/mol. The lowest BCUT2D eigenvalue weighted by atomic mass is 9.33. The molecule has 0 aromatic carbocycles. The minimum absolute atomic E-state index is 0.0233. The zero-order chi connectivity index (χ0) is 30.4. The van der Waals surface area contributed by atoms with E-state index in [2.05, 4.69) is 41.5 Å². The van der Waals surface area contributed by atoms with Gasteiger partial charge in [-0.05, 0) is 104 Å². The molecule has 0 unspecified atom stereocenters. The second kappa shape index (κ2) is 9.41. The molecule has 41 heavy (non-hydrogen) atoms. The zero-order valence-corrected chi connectivity index (χ0v) is 26.1. The van der Waals surface area contributed by atoms with E-state index in [0.29, 0.717) is 19.3 Å². The van der Waals surface area contributed by atoms with E-state index < -0.39 is 23.3 Å². The molecule has 0 spiro atoms. The SMILES string of the molecule is CC1(C)[C@@H](OC(=O)CCC(=O)O)CC[C@@]2(C)[C@H]1CC[C@]1(C)[C@H]2C(=O)C=C2[C@@H]3C[C@@](C)(C(=O)O)CC[C@]3(C)CC[C@]21C. The average Bonchev–Trinajstić information content (AvgIpc) is 2.86. The van der Waals surface area contributed by atoms with Gasteiger partial charge in [0, 0.05) is 11.3 Å². The van der Waals surface area contributed by atoms with Crippen LogP contribution >= 0.6 is 0 Å². The summed E-state index contributed by atoms with van der Waals surface area (Å²) in [6.45, 7) is 15.5. The summed E-state index contributed by atoms with van der Waals surface area (Å²) in [7, 11) is 0. The van der Waals surface area contributed by atoms with E-state index >= 15 is 0 Å². The van der Waals surface area contributed by atoms with Crippen LogP contribution in [-0.4, -0.2) is 40.0 Å². The van der Waals surface area contributed by atoms with E-state index in [-0.39, 0.29) is 69.6 Å². The van der Waals surface area contributed by atoms with Crippen molar-refractivity contribution in [3.8, 4) is 0 Å². The predicted octanol–water partition coefficient (Wildman–Crippen LogP) is 6.83. The van der Waals surface area contributed by atoms with E-state index in [9.17, 15) is 24.3 Å². The molecule has 0 aliphatic heterocycles. The van der Waals surface area contributed by atoms with Gasteiger partial charge in [-0.25, -0.2) is 0 Å². The van der Waals surface area contributed by atoms with Crippen molar-refractivity contribution in [3.05, 3.63) is 11.6 Å². The minimum Gasteiger partial charge on any atom is -0.481 e. The largest absolute Gasteiger partial charge is 0.481 e. The maximum atomic E-state index is 14.5. The molecule has 9 atom stereocenters. The number of ketones is 1. The van der Waals surface area contributed by atoms with E-state index in [1.165, 1.54) is 5.57 Å². The van der Waals surface area contributed by atoms with Crippen LogP contribution in [0.5, 0.6) is 0 Å². The van der Waals surface area contributed by atoms with Crippen molar-refractivity contribution in [2.45, 2.75) is 125 Å². The molecule has 0 heterocycles. The summed E-state index contributed by atoms with van der Waals surface area (Å²) in [4.78, 5) is 50.3. The maximum Gasteiger partial charge on any atom is 0.309 e. The first-order chi connectivity index (χ1) is 18.8. The number of hydrogen-bond acceptors (Lipinski definition) is 5. The molecule has 4 saturated carbocycles. The van der Waals surface area contributed by atoms with Gasteiger partial charge >= 0.3 is 17.9 Å². The van der Waals surface area contributed by atoms with Crippen LogP contribution in [0.25, 0.3) is 0 Å². The highest BCUT2D eigenvalue weighted by atomic mass is 16.5. The van der Waals surface area contributed by atoms with Crippen molar-refractivity contribution in [2.75, 3.05) is 0 Å². The second-order valence-electron chi connectivity index (χ2n) is 16.3. The highest BCUT2D eigenvalue weighted by Crippen LogP contribution is 2.75. The molecular formula is C34H50O7. The van der Waals surface area contributed by atoms with Crippen molar-refractivity contribution in [3.63, 3.8) is 0 Å². The van der Waals surface area contributed by atoms with Crippen LogP contribution in [0.15, 0.2) is 11.6 Å². The van der Waals surface area contributed by atoms with Crippen LogP contribution in [0.2, 0.25) is 0 Å².